The molecular formula is C12H24N2. The molecule has 2 rings (SSSR count). The molecule has 0 saturated heterocycles. The monoisotopic (exact) mass is 196 g/mol. The van der Waals surface area contributed by atoms with Crippen LogP contribution in [0.2, 0.25) is 0 Å². The second kappa shape index (κ2) is 4.19. The lowest BCUT2D eigenvalue weighted by Gasteiger charge is -2.35. The minimum atomic E-state index is 0.483. The summed E-state index contributed by atoms with van der Waals surface area (Å²) in [6.07, 6.45) is 9.87. The van der Waals surface area contributed by atoms with E-state index in [0.717, 1.165) is 12.5 Å². The maximum absolute atomic E-state index is 5.91. The van der Waals surface area contributed by atoms with Gasteiger partial charge >= 0.3 is 0 Å². The molecule has 0 amide bonds. The molecule has 3 N–H and O–H groups in total. The van der Waals surface area contributed by atoms with Gasteiger partial charge < -0.3 is 11.1 Å². The SMILES string of the molecule is CNC(C1CCCCC1)C1(CN)CC1. The standard InChI is InChI=1S/C12H24N2/c1-14-11(12(9-13)7-8-12)10-5-3-2-4-6-10/h10-11,14H,2-9,13H2,1H3. The Morgan fingerprint density at radius 2 is 1.93 bits per heavy atom. The number of nitrogens with one attached hydrogen (secondary N) is 1. The molecule has 2 saturated carbocycles. The fourth-order valence-corrected chi connectivity index (χ4v) is 3.31. The zero-order chi connectivity index (χ0) is 10.0. The van der Waals surface area contributed by atoms with Gasteiger partial charge in [0.2, 0.25) is 0 Å². The third-order valence-electron chi connectivity index (χ3n) is 4.39. The molecule has 1 unspecified atom stereocenters. The van der Waals surface area contributed by atoms with Crippen molar-refractivity contribution in [2.45, 2.75) is 51.0 Å². The molecule has 2 aliphatic rings. The smallest absolute Gasteiger partial charge is 0.0161 e. The Kier molecular flexibility index (Phi) is 3.13. The van der Waals surface area contributed by atoms with Gasteiger partial charge in [0.25, 0.3) is 0 Å². The van der Waals surface area contributed by atoms with Crippen molar-refractivity contribution in [1.82, 2.24) is 5.32 Å². The van der Waals surface area contributed by atoms with Crippen molar-refractivity contribution in [3.63, 3.8) is 0 Å². The highest BCUT2D eigenvalue weighted by molar-refractivity contribution is 5.05. The van der Waals surface area contributed by atoms with E-state index in [2.05, 4.69) is 12.4 Å². The topological polar surface area (TPSA) is 38.0 Å². The van der Waals surface area contributed by atoms with E-state index in [1.807, 2.05) is 0 Å². The van der Waals surface area contributed by atoms with Gasteiger partial charge in [-0.25, -0.2) is 0 Å². The molecule has 0 heterocycles. The predicted molar refractivity (Wildman–Crippen MR) is 60.1 cm³/mol. The lowest BCUT2D eigenvalue weighted by Crippen LogP contribution is -2.45. The van der Waals surface area contributed by atoms with E-state index in [1.54, 1.807) is 0 Å². The Labute approximate surface area is 87.6 Å². The van der Waals surface area contributed by atoms with Crippen LogP contribution in [0.4, 0.5) is 0 Å². The van der Waals surface area contributed by atoms with Crippen molar-refractivity contribution < 1.29 is 0 Å². The van der Waals surface area contributed by atoms with Crippen LogP contribution in [0.15, 0.2) is 0 Å². The van der Waals surface area contributed by atoms with Crippen LogP contribution in [-0.4, -0.2) is 19.6 Å². The van der Waals surface area contributed by atoms with Gasteiger partial charge in [0.15, 0.2) is 0 Å². The Morgan fingerprint density at radius 3 is 2.36 bits per heavy atom. The average molecular weight is 196 g/mol. The van der Waals surface area contributed by atoms with Gasteiger partial charge in [0.1, 0.15) is 0 Å². The quantitative estimate of drug-likeness (QED) is 0.720. The Morgan fingerprint density at radius 1 is 1.29 bits per heavy atom. The number of hydrogen-bond acceptors (Lipinski definition) is 2. The van der Waals surface area contributed by atoms with Crippen LogP contribution < -0.4 is 11.1 Å². The minimum absolute atomic E-state index is 0.483. The van der Waals surface area contributed by atoms with Gasteiger partial charge in [0.05, 0.1) is 0 Å². The van der Waals surface area contributed by atoms with Crippen molar-refractivity contribution in [3.8, 4) is 0 Å². The first-order valence-electron chi connectivity index (χ1n) is 6.20. The summed E-state index contributed by atoms with van der Waals surface area (Å²) in [5.74, 6) is 0.903. The van der Waals surface area contributed by atoms with Gasteiger partial charge in [-0.2, -0.15) is 0 Å². The van der Waals surface area contributed by atoms with Crippen molar-refractivity contribution in [1.29, 1.82) is 0 Å². The molecular weight excluding hydrogens is 172 g/mol. The molecule has 2 aliphatic carbocycles. The Bertz CT molecular complexity index is 181. The molecule has 0 radical (unpaired) electrons. The molecule has 0 aromatic heterocycles. The largest absolute Gasteiger partial charge is 0.330 e. The fraction of sp³-hybridized carbons (Fsp3) is 1.00. The molecule has 2 heteroatoms. The van der Waals surface area contributed by atoms with Gasteiger partial charge in [-0.3, -0.25) is 0 Å². The maximum atomic E-state index is 5.91. The Hall–Kier alpha value is -0.0800. The Balaban J connectivity index is 1.97. The van der Waals surface area contributed by atoms with Gasteiger partial charge in [-0.15, -0.1) is 0 Å². The van der Waals surface area contributed by atoms with E-state index in [4.69, 9.17) is 5.73 Å². The molecule has 0 aromatic rings. The van der Waals surface area contributed by atoms with Crippen molar-refractivity contribution in [3.05, 3.63) is 0 Å². The zero-order valence-electron chi connectivity index (χ0n) is 9.39. The summed E-state index contributed by atoms with van der Waals surface area (Å²) in [6, 6.07) is 0.702. The summed E-state index contributed by atoms with van der Waals surface area (Å²) in [5, 5.41) is 3.55. The van der Waals surface area contributed by atoms with Crippen LogP contribution in [0, 0.1) is 11.3 Å². The zero-order valence-corrected chi connectivity index (χ0v) is 9.39. The van der Waals surface area contributed by atoms with E-state index in [9.17, 15) is 0 Å². The third-order valence-corrected chi connectivity index (χ3v) is 4.39. The number of hydrogen-bond donors (Lipinski definition) is 2. The maximum Gasteiger partial charge on any atom is 0.0161 e. The van der Waals surface area contributed by atoms with Crippen molar-refractivity contribution >= 4 is 0 Å². The van der Waals surface area contributed by atoms with Crippen LogP contribution in [0.3, 0.4) is 0 Å². The lowest BCUT2D eigenvalue weighted by molar-refractivity contribution is 0.204. The summed E-state index contributed by atoms with van der Waals surface area (Å²) in [4.78, 5) is 0. The van der Waals surface area contributed by atoms with E-state index < -0.39 is 0 Å². The molecule has 2 fully saturated rings. The van der Waals surface area contributed by atoms with Crippen LogP contribution in [-0.2, 0) is 0 Å². The van der Waals surface area contributed by atoms with Crippen LogP contribution in [0.25, 0.3) is 0 Å². The normalized spacial score (nSPS) is 28.7. The summed E-state index contributed by atoms with van der Waals surface area (Å²) in [7, 11) is 2.12. The summed E-state index contributed by atoms with van der Waals surface area (Å²) in [6.45, 7) is 0.884. The first kappa shape index (κ1) is 10.4. The highest BCUT2D eigenvalue weighted by atomic mass is 14.9. The van der Waals surface area contributed by atoms with Crippen LogP contribution in [0.5, 0.6) is 0 Å². The highest BCUT2D eigenvalue weighted by Gasteiger charge is 2.50. The molecule has 0 bridgehead atoms. The second-order valence-corrected chi connectivity index (χ2v) is 5.23. The van der Waals surface area contributed by atoms with Gasteiger partial charge in [-0.05, 0) is 50.6 Å². The number of nitrogens with two attached hydrogens (primary N) is 1. The molecule has 2 nitrogen and oxygen atoms in total. The first-order chi connectivity index (χ1) is 6.82. The summed E-state index contributed by atoms with van der Waals surface area (Å²) in [5.41, 5.74) is 6.39. The van der Waals surface area contributed by atoms with E-state index in [1.165, 1.54) is 44.9 Å². The summed E-state index contributed by atoms with van der Waals surface area (Å²) >= 11 is 0. The van der Waals surface area contributed by atoms with Gasteiger partial charge in [-0.1, -0.05) is 19.3 Å². The molecule has 0 aliphatic heterocycles. The molecule has 14 heavy (non-hydrogen) atoms. The highest BCUT2D eigenvalue weighted by Crippen LogP contribution is 2.51. The molecule has 0 spiro atoms. The average Bonchev–Trinajstić information content (AvgIpc) is 3.02. The number of rotatable bonds is 4. The van der Waals surface area contributed by atoms with Crippen LogP contribution in [0.1, 0.15) is 44.9 Å². The van der Waals surface area contributed by atoms with Crippen molar-refractivity contribution in [2.75, 3.05) is 13.6 Å². The fourth-order valence-electron chi connectivity index (χ4n) is 3.31. The summed E-state index contributed by atoms with van der Waals surface area (Å²) < 4.78 is 0. The lowest BCUT2D eigenvalue weighted by atomic mass is 9.77. The predicted octanol–water partition coefficient (Wildman–Crippen LogP) is 1.89. The van der Waals surface area contributed by atoms with Gasteiger partial charge in [0, 0.05) is 6.04 Å². The molecule has 0 aromatic carbocycles. The second-order valence-electron chi connectivity index (χ2n) is 5.23. The molecule has 1 atom stereocenters. The van der Waals surface area contributed by atoms with Crippen LogP contribution >= 0.6 is 0 Å². The van der Waals surface area contributed by atoms with Crippen molar-refractivity contribution in [2.24, 2.45) is 17.1 Å². The third kappa shape index (κ3) is 1.82. The van der Waals surface area contributed by atoms with E-state index in [-0.39, 0.29) is 0 Å². The minimum Gasteiger partial charge on any atom is -0.330 e. The van der Waals surface area contributed by atoms with E-state index >= 15 is 0 Å². The van der Waals surface area contributed by atoms with E-state index in [0.29, 0.717) is 11.5 Å². The first-order valence-corrected chi connectivity index (χ1v) is 6.20. The molecule has 82 valence electrons.